The summed E-state index contributed by atoms with van der Waals surface area (Å²) in [4.78, 5) is 10.7. The second-order valence-electron chi connectivity index (χ2n) is 3.57. The Morgan fingerprint density at radius 2 is 2.00 bits per heavy atom. The van der Waals surface area contributed by atoms with Crippen molar-refractivity contribution >= 4 is 6.26 Å². The molecular weight excluding hydrogens is 148 g/mol. The Kier molecular flexibility index (Phi) is 2.21. The van der Waals surface area contributed by atoms with Crippen molar-refractivity contribution < 1.29 is 6.17 Å². The van der Waals surface area contributed by atoms with Gasteiger partial charge >= 0.3 is 0 Å². The molecule has 0 aromatic heterocycles. The van der Waals surface area contributed by atoms with E-state index in [9.17, 15) is 4.79 Å². The van der Waals surface area contributed by atoms with Gasteiger partial charge in [0.05, 0.1) is 0 Å². The molecule has 0 unspecified atom stereocenters. The molecule has 1 heteroatoms. The van der Waals surface area contributed by atoms with E-state index in [0.717, 1.165) is 5.56 Å². The maximum absolute atomic E-state index is 10.7. The molecule has 12 heavy (non-hydrogen) atoms. The van der Waals surface area contributed by atoms with Crippen LogP contribution >= 0.6 is 0 Å². The van der Waals surface area contributed by atoms with Crippen LogP contribution in [0.2, 0.25) is 0 Å². The first-order chi connectivity index (χ1) is 6.02. The van der Waals surface area contributed by atoms with Crippen LogP contribution in [0.25, 0.3) is 0 Å². The normalized spacial score (nSPS) is 12.3. The first-order valence-electron chi connectivity index (χ1n) is 4.57. The van der Waals surface area contributed by atoms with E-state index in [1.165, 1.54) is 0 Å². The quantitative estimate of drug-likeness (QED) is 0.626. The molecular formula is C11H14O. The standard InChI is InChI=1S/C11H14O/c1-11(2,8-9-12)10-6-4-3-5-7-10/h3-7,9H,8H2,1-2H3/i9D. The summed E-state index contributed by atoms with van der Waals surface area (Å²) in [5.74, 6) is 0. The summed E-state index contributed by atoms with van der Waals surface area (Å²) in [6.07, 6.45) is -0.231. The molecule has 0 heterocycles. The molecule has 64 valence electrons. The van der Waals surface area contributed by atoms with Crippen LogP contribution in [-0.2, 0) is 10.2 Å². The molecule has 0 amide bonds. The van der Waals surface area contributed by atoms with E-state index >= 15 is 0 Å². The predicted molar refractivity (Wildman–Crippen MR) is 50.1 cm³/mol. The maximum Gasteiger partial charge on any atom is 0.120 e. The Bertz CT molecular complexity index is 290. The van der Waals surface area contributed by atoms with Crippen LogP contribution in [-0.4, -0.2) is 6.26 Å². The number of benzene rings is 1. The molecule has 0 saturated heterocycles. The van der Waals surface area contributed by atoms with E-state index in [4.69, 9.17) is 1.37 Å². The van der Waals surface area contributed by atoms with Gasteiger partial charge in [-0.3, -0.25) is 0 Å². The minimum Gasteiger partial charge on any atom is -0.303 e. The Morgan fingerprint density at radius 1 is 1.42 bits per heavy atom. The number of rotatable bonds is 3. The molecule has 0 aliphatic rings. The number of hydrogen-bond acceptors (Lipinski definition) is 1. The van der Waals surface area contributed by atoms with Crippen molar-refractivity contribution in [1.82, 2.24) is 0 Å². The van der Waals surface area contributed by atoms with E-state index in [0.29, 0.717) is 0 Å². The zero-order valence-corrected chi connectivity index (χ0v) is 7.50. The largest absolute Gasteiger partial charge is 0.303 e. The average molecular weight is 163 g/mol. The third kappa shape index (κ3) is 1.94. The van der Waals surface area contributed by atoms with Crippen molar-refractivity contribution in [3.05, 3.63) is 35.9 Å². The molecule has 1 nitrogen and oxygen atoms in total. The van der Waals surface area contributed by atoms with Crippen LogP contribution in [0.5, 0.6) is 0 Å². The topological polar surface area (TPSA) is 17.1 Å². The van der Waals surface area contributed by atoms with Crippen LogP contribution in [0, 0.1) is 0 Å². The van der Waals surface area contributed by atoms with Crippen molar-refractivity contribution in [2.75, 3.05) is 0 Å². The second kappa shape index (κ2) is 3.53. The molecule has 1 rings (SSSR count). The fourth-order valence-corrected chi connectivity index (χ4v) is 1.17. The summed E-state index contributed by atoms with van der Waals surface area (Å²) in [5, 5.41) is 0. The Labute approximate surface area is 74.8 Å². The molecule has 0 spiro atoms. The summed E-state index contributed by atoms with van der Waals surface area (Å²) in [6.45, 7) is 3.96. The van der Waals surface area contributed by atoms with Gasteiger partial charge in [-0.25, -0.2) is 0 Å². The summed E-state index contributed by atoms with van der Waals surface area (Å²) in [6, 6.07) is 9.82. The van der Waals surface area contributed by atoms with Gasteiger partial charge in [-0.05, 0) is 11.0 Å². The van der Waals surface area contributed by atoms with Crippen LogP contribution in [0.4, 0.5) is 0 Å². The molecule has 0 fully saturated rings. The molecule has 0 atom stereocenters. The monoisotopic (exact) mass is 163 g/mol. The zero-order chi connectivity index (χ0) is 9.90. The minimum atomic E-state index is -0.506. The average Bonchev–Trinajstić information content (AvgIpc) is 2.04. The van der Waals surface area contributed by atoms with E-state index in [1.807, 2.05) is 44.2 Å². The van der Waals surface area contributed by atoms with Gasteiger partial charge in [0.1, 0.15) is 7.63 Å². The molecule has 0 N–H and O–H groups in total. The van der Waals surface area contributed by atoms with Gasteiger partial charge in [0.25, 0.3) is 0 Å². The number of aldehydes is 1. The fraction of sp³-hybridized carbons (Fsp3) is 0.364. The number of hydrogen-bond donors (Lipinski definition) is 0. The Balaban J connectivity index is 2.87. The van der Waals surface area contributed by atoms with Gasteiger partial charge in [0, 0.05) is 6.42 Å². The SMILES string of the molecule is [2H]C(=O)CC(C)(C)c1ccccc1. The Morgan fingerprint density at radius 3 is 2.50 bits per heavy atom. The van der Waals surface area contributed by atoms with Crippen LogP contribution in [0.15, 0.2) is 30.3 Å². The van der Waals surface area contributed by atoms with Crippen molar-refractivity contribution in [3.8, 4) is 0 Å². The predicted octanol–water partition coefficient (Wildman–Crippen LogP) is 2.55. The van der Waals surface area contributed by atoms with Crippen LogP contribution in [0.3, 0.4) is 0 Å². The van der Waals surface area contributed by atoms with E-state index < -0.39 is 6.26 Å². The highest BCUT2D eigenvalue weighted by molar-refractivity contribution is 5.53. The van der Waals surface area contributed by atoms with Gasteiger partial charge in [0.15, 0.2) is 0 Å². The van der Waals surface area contributed by atoms with Gasteiger partial charge in [-0.1, -0.05) is 44.2 Å². The highest BCUT2D eigenvalue weighted by atomic mass is 16.1. The molecule has 0 saturated carbocycles. The highest BCUT2D eigenvalue weighted by Gasteiger charge is 2.18. The second-order valence-corrected chi connectivity index (χ2v) is 3.57. The lowest BCUT2D eigenvalue weighted by molar-refractivity contribution is -0.108. The third-order valence-corrected chi connectivity index (χ3v) is 2.07. The van der Waals surface area contributed by atoms with Crippen molar-refractivity contribution in [2.24, 2.45) is 0 Å². The molecule has 0 bridgehead atoms. The molecule has 1 aromatic rings. The summed E-state index contributed by atoms with van der Waals surface area (Å²) in [7, 11) is 0. The lowest BCUT2D eigenvalue weighted by Crippen LogP contribution is -2.17. The van der Waals surface area contributed by atoms with Gasteiger partial charge in [-0.15, -0.1) is 0 Å². The summed E-state index contributed by atoms with van der Waals surface area (Å²) < 4.78 is 6.94. The zero-order valence-electron chi connectivity index (χ0n) is 8.50. The van der Waals surface area contributed by atoms with Crippen LogP contribution in [0.1, 0.15) is 27.2 Å². The maximum atomic E-state index is 10.7. The van der Waals surface area contributed by atoms with E-state index in [1.54, 1.807) is 0 Å². The molecule has 0 aliphatic heterocycles. The molecule has 0 aliphatic carbocycles. The van der Waals surface area contributed by atoms with E-state index in [-0.39, 0.29) is 11.8 Å². The van der Waals surface area contributed by atoms with Gasteiger partial charge in [-0.2, -0.15) is 0 Å². The lowest BCUT2D eigenvalue weighted by Gasteiger charge is -2.21. The lowest BCUT2D eigenvalue weighted by atomic mass is 9.82. The van der Waals surface area contributed by atoms with Crippen LogP contribution < -0.4 is 0 Å². The number of carbonyl (C=O) groups is 1. The Hall–Kier alpha value is -1.11. The summed E-state index contributed by atoms with van der Waals surface area (Å²) in [5.41, 5.74) is 0.885. The molecule has 0 radical (unpaired) electrons. The smallest absolute Gasteiger partial charge is 0.120 e. The minimum absolute atomic E-state index is 0.222. The van der Waals surface area contributed by atoms with Crippen molar-refractivity contribution in [2.45, 2.75) is 25.7 Å². The fourth-order valence-electron chi connectivity index (χ4n) is 1.17. The summed E-state index contributed by atoms with van der Waals surface area (Å²) >= 11 is 0. The molecule has 1 aromatic carbocycles. The van der Waals surface area contributed by atoms with Crippen molar-refractivity contribution in [1.29, 1.82) is 0 Å². The highest BCUT2D eigenvalue weighted by Crippen LogP contribution is 2.25. The first-order valence-corrected chi connectivity index (χ1v) is 4.07. The number of carbonyl (C=O) groups excluding carboxylic acids is 1. The van der Waals surface area contributed by atoms with Gasteiger partial charge < -0.3 is 4.79 Å². The van der Waals surface area contributed by atoms with E-state index in [2.05, 4.69) is 0 Å². The van der Waals surface area contributed by atoms with Crippen molar-refractivity contribution in [3.63, 3.8) is 0 Å². The first kappa shape index (κ1) is 7.53. The van der Waals surface area contributed by atoms with Gasteiger partial charge in [0.2, 0.25) is 0 Å². The third-order valence-electron chi connectivity index (χ3n) is 2.07.